The van der Waals surface area contributed by atoms with Gasteiger partial charge in [0, 0.05) is 129 Å². The number of nitrogens with zero attached hydrogens (tertiary/aromatic N) is 6. The van der Waals surface area contributed by atoms with Gasteiger partial charge in [-0.05, 0) is 138 Å². The Hall–Kier alpha value is -9.52. The van der Waals surface area contributed by atoms with Crippen LogP contribution in [-0.4, -0.2) is 54.1 Å². The van der Waals surface area contributed by atoms with Crippen LogP contribution in [0, 0.1) is 62.1 Å². The summed E-state index contributed by atoms with van der Waals surface area (Å²) in [7, 11) is -3.99. The van der Waals surface area contributed by atoms with E-state index >= 15 is 0 Å². The van der Waals surface area contributed by atoms with Gasteiger partial charge >= 0.3 is 0 Å². The first-order valence-electron chi connectivity index (χ1n) is 46.0. The van der Waals surface area contributed by atoms with Crippen molar-refractivity contribution >= 4 is 39.8 Å². The molecule has 0 bridgehead atoms. The Balaban J connectivity index is 0.000000219. The van der Waals surface area contributed by atoms with Crippen LogP contribution >= 0.6 is 0 Å². The SMILES string of the molecule is CC(C)Cc1cc(-c2[c-]cccc2)ncc1-c1ccc([Si](C)(C)C)cc1.Cc1cc([Si](C)(C)C)ccc1-c1cnc(-c2[c-]cccc2)cc1C.[2H]C([2H])C([2H])(Cc1cc(-c2[c-]cccc2)ncc1-c1ccc([Si](C)(C)C)cc1)C([2H])[2H].[2H]c1[c-]c(-c2ccccn2)c([2H])c([2H])c1[2H].[2H]c1[c-]c(-c2ccccn2)c([2H])c([2H])c1[2H].[2H]c1[c-]c(-c2ccccn2)c([2H])c([2H])c1[2H].[Ir].[Ir].[Ir]. The molecule has 3 radical (unpaired) electrons. The summed E-state index contributed by atoms with van der Waals surface area (Å²) in [4.78, 5) is 26.2. The molecule has 0 spiro atoms. The van der Waals surface area contributed by atoms with Crippen molar-refractivity contribution < 1.29 is 83.6 Å². The minimum absolute atomic E-state index is 0. The predicted molar refractivity (Wildman–Crippen MR) is 483 cm³/mol. The van der Waals surface area contributed by atoms with Gasteiger partial charge < -0.3 is 29.9 Å². The van der Waals surface area contributed by atoms with E-state index < -0.39 is 43.9 Å². The molecule has 9 aromatic carbocycles. The number of hydrogen-bond acceptors (Lipinski definition) is 6. The molecule has 115 heavy (non-hydrogen) atoms. The largest absolute Gasteiger partial charge is 0.305 e. The maximum absolute atomic E-state index is 8.55. The van der Waals surface area contributed by atoms with Gasteiger partial charge in [-0.25, -0.2) is 0 Å². The summed E-state index contributed by atoms with van der Waals surface area (Å²) in [5.41, 5.74) is 19.4. The minimum atomic E-state index is -1.87. The van der Waals surface area contributed by atoms with E-state index in [4.69, 9.17) is 28.3 Å². The van der Waals surface area contributed by atoms with Gasteiger partial charge in [0.25, 0.3) is 0 Å². The van der Waals surface area contributed by atoms with Crippen LogP contribution in [0.3, 0.4) is 0 Å². The monoisotopic (exact) mass is 2100 g/mol. The molecular weight excluding hydrogens is 1980 g/mol. The van der Waals surface area contributed by atoms with Crippen molar-refractivity contribution in [3.8, 4) is 101 Å². The third kappa shape index (κ3) is 28.4. The summed E-state index contributed by atoms with van der Waals surface area (Å²) in [5, 5.41) is 4.34. The van der Waals surface area contributed by atoms with Crippen molar-refractivity contribution in [2.75, 3.05) is 0 Å². The molecule has 0 aliphatic carbocycles. The Bertz CT molecular complexity index is 6050. The summed E-state index contributed by atoms with van der Waals surface area (Å²) >= 11 is 0. The average molecular weight is 2100 g/mol. The zero-order chi connectivity index (χ0) is 94.0. The Morgan fingerprint density at radius 2 is 0.687 bits per heavy atom. The van der Waals surface area contributed by atoms with Crippen molar-refractivity contribution in [1.82, 2.24) is 29.9 Å². The molecular formula is C103H104Ir3N6Si3-6. The van der Waals surface area contributed by atoms with E-state index in [0.29, 0.717) is 50.9 Å². The van der Waals surface area contributed by atoms with Gasteiger partial charge in [0.1, 0.15) is 0 Å². The summed E-state index contributed by atoms with van der Waals surface area (Å²) in [6.45, 7) is 26.9. The van der Waals surface area contributed by atoms with E-state index in [-0.39, 0.29) is 139 Å². The summed E-state index contributed by atoms with van der Waals surface area (Å²) in [5.74, 6) is -1.27. The maximum atomic E-state index is 8.55. The zero-order valence-electron chi connectivity index (χ0n) is 84.0. The molecule has 0 unspecified atom stereocenters. The van der Waals surface area contributed by atoms with Crippen molar-refractivity contribution in [2.24, 2.45) is 11.8 Å². The number of rotatable bonds is 16. The minimum Gasteiger partial charge on any atom is -0.305 e. The number of hydrogen-bond donors (Lipinski definition) is 0. The average Bonchev–Trinajstić information content (AvgIpc) is 0.796. The van der Waals surface area contributed by atoms with Gasteiger partial charge in [0.05, 0.1) is 24.2 Å². The maximum Gasteiger partial charge on any atom is 0.0776 e. The van der Waals surface area contributed by atoms with Crippen LogP contribution in [0.5, 0.6) is 0 Å². The van der Waals surface area contributed by atoms with Crippen LogP contribution in [0.4, 0.5) is 0 Å². The van der Waals surface area contributed by atoms with Gasteiger partial charge in [0.2, 0.25) is 0 Å². The van der Waals surface area contributed by atoms with Gasteiger partial charge in [-0.15, -0.1) is 215 Å². The van der Waals surface area contributed by atoms with Gasteiger partial charge in [-0.3, -0.25) is 0 Å². The molecule has 6 aromatic heterocycles. The van der Waals surface area contributed by atoms with E-state index in [1.54, 1.807) is 79.4 Å². The molecule has 6 heterocycles. The second-order valence-corrected chi connectivity index (χ2v) is 45.3. The van der Waals surface area contributed by atoms with Crippen molar-refractivity contribution in [3.05, 3.63) is 381 Å². The molecule has 0 atom stereocenters. The standard InChI is InChI=1S/2C24H28NSi.C22H24NSi.3C11H8N.3Ir/c2*1-18(2)15-21-16-24(20-9-7-6-8-10-20)25-17-23(21)19-11-13-22(14-12-19)26(3,4)5;1-16-13-19(24(3,4)5)11-12-20(16)21-15-23-22(14-17(21)2)18-9-7-6-8-10-18;3*1-2-6-10(7-3-1)11-8-4-5-9-12-11;;;/h2*6-9,11-14,16-18H,15H2,1-5H3;6-9,11-15H,1-5H3;3*1-6,8-9H;;;/q6*-1;;;/i1D2,2D2,18D;;;3*1D,2D,3D,6D;;;. The van der Waals surface area contributed by atoms with Crippen molar-refractivity contribution in [2.45, 2.75) is 113 Å². The smallest absolute Gasteiger partial charge is 0.0776 e. The topological polar surface area (TPSA) is 77.3 Å². The number of benzene rings is 9. The van der Waals surface area contributed by atoms with Gasteiger partial charge in [-0.1, -0.05) is 223 Å². The predicted octanol–water partition coefficient (Wildman–Crippen LogP) is 24.9. The van der Waals surface area contributed by atoms with E-state index in [1.165, 1.54) is 54.5 Å². The molecule has 15 rings (SSSR count). The normalized spacial score (nSPS) is 13.0. The summed E-state index contributed by atoms with van der Waals surface area (Å²) in [6, 6.07) is 84.8. The Kier molecular flexibility index (Phi) is 27.7. The van der Waals surface area contributed by atoms with Crippen LogP contribution in [0.15, 0.2) is 322 Å². The molecule has 591 valence electrons. The third-order valence-electron chi connectivity index (χ3n) is 17.8. The first-order valence-corrected chi connectivity index (χ1v) is 47.7. The number of pyridine rings is 6. The summed E-state index contributed by atoms with van der Waals surface area (Å²) < 4.78 is 130. The van der Waals surface area contributed by atoms with Crippen LogP contribution in [0.1, 0.15) is 73.2 Å². The molecule has 6 nitrogen and oxygen atoms in total. The molecule has 0 N–H and O–H groups in total. The molecule has 12 heteroatoms. The van der Waals surface area contributed by atoms with Crippen LogP contribution in [0.2, 0.25) is 58.9 Å². The van der Waals surface area contributed by atoms with E-state index in [2.05, 4.69) is 227 Å². The molecule has 0 amide bonds. The van der Waals surface area contributed by atoms with Crippen LogP contribution in [-0.2, 0) is 73.2 Å². The van der Waals surface area contributed by atoms with Gasteiger partial charge in [-0.2, -0.15) is 0 Å². The number of aromatic nitrogens is 6. The quantitative estimate of drug-likeness (QED) is 0.0709. The fourth-order valence-corrected chi connectivity index (χ4v) is 15.4. The fourth-order valence-electron chi connectivity index (χ4n) is 11.8. The second kappa shape index (κ2) is 45.7. The molecule has 15 aromatic rings. The molecule has 0 saturated heterocycles. The van der Waals surface area contributed by atoms with Crippen molar-refractivity contribution in [3.63, 3.8) is 0 Å². The Morgan fingerprint density at radius 1 is 0.339 bits per heavy atom. The number of aryl methyl sites for hydroxylation is 2. The second-order valence-electron chi connectivity index (χ2n) is 30.1. The summed E-state index contributed by atoms with van der Waals surface area (Å²) in [6.07, 6.45) is 11.5. The zero-order valence-corrected chi connectivity index (χ0v) is 77.2. The Morgan fingerprint density at radius 3 is 1.01 bits per heavy atom. The Labute approximate surface area is 754 Å². The van der Waals surface area contributed by atoms with Crippen LogP contribution < -0.4 is 15.6 Å². The first-order chi connectivity index (χ1) is 61.0. The first kappa shape index (κ1) is 69.8. The molecule has 0 fully saturated rings. The van der Waals surface area contributed by atoms with Gasteiger partial charge in [0.15, 0.2) is 0 Å². The van der Waals surface area contributed by atoms with E-state index in [1.807, 2.05) is 91.3 Å². The molecule has 0 aliphatic heterocycles. The fraction of sp³-hybridized carbons (Fsp3) is 0.184. The molecule has 0 saturated carbocycles. The third-order valence-corrected chi connectivity index (χ3v) is 24.0. The van der Waals surface area contributed by atoms with Crippen LogP contribution in [0.25, 0.3) is 101 Å². The van der Waals surface area contributed by atoms with Crippen molar-refractivity contribution in [1.29, 1.82) is 0 Å². The van der Waals surface area contributed by atoms with E-state index in [9.17, 15) is 0 Å². The van der Waals surface area contributed by atoms with E-state index in [0.717, 1.165) is 45.6 Å². The molecule has 0 aliphatic rings.